The van der Waals surface area contributed by atoms with Crippen molar-refractivity contribution in [1.82, 2.24) is 4.90 Å². The number of nitrogens with zero attached hydrogens (tertiary/aromatic N) is 1. The van der Waals surface area contributed by atoms with Crippen LogP contribution in [0.3, 0.4) is 0 Å². The Morgan fingerprint density at radius 1 is 0.731 bits per heavy atom. The Morgan fingerprint density at radius 2 is 1.33 bits per heavy atom. The molecule has 0 aliphatic carbocycles. The fraction of sp³-hybridized carbons (Fsp3) is 0.267. The molecule has 0 atom stereocenters. The highest BCUT2D eigenvalue weighted by Gasteiger charge is 2.32. The molecular formula is C45H47NO6. The molecule has 1 aliphatic rings. The molecule has 52 heavy (non-hydrogen) atoms. The molecular weight excluding hydrogens is 650 g/mol. The molecule has 0 amide bonds. The molecule has 6 aromatic rings. The third-order valence-corrected chi connectivity index (χ3v) is 9.10. The number of carboxylic acids is 1. The molecule has 0 bridgehead atoms. The fourth-order valence-corrected chi connectivity index (χ4v) is 6.39. The van der Waals surface area contributed by atoms with E-state index < -0.39 is 5.97 Å². The molecule has 268 valence electrons. The van der Waals surface area contributed by atoms with Gasteiger partial charge in [0.25, 0.3) is 0 Å². The third kappa shape index (κ3) is 9.98. The lowest BCUT2D eigenvalue weighted by Gasteiger charge is -2.36. The van der Waals surface area contributed by atoms with E-state index in [9.17, 15) is 4.79 Å². The van der Waals surface area contributed by atoms with E-state index >= 15 is 0 Å². The molecule has 1 fully saturated rings. The average molecular weight is 698 g/mol. The number of carbonyl (C=O) groups is 1. The maximum Gasteiger partial charge on any atom is 0.309 e. The lowest BCUT2D eigenvalue weighted by molar-refractivity contribution is -0.152. The third-order valence-electron chi connectivity index (χ3n) is 9.10. The predicted octanol–water partition coefficient (Wildman–Crippen LogP) is 9.26. The lowest BCUT2D eigenvalue weighted by atomic mass is 9.99. The number of hydrogen-bond donors (Lipinski definition) is 1. The second-order valence-corrected chi connectivity index (χ2v) is 13.0. The molecule has 2 heterocycles. The van der Waals surface area contributed by atoms with Gasteiger partial charge in [0.2, 0.25) is 0 Å². The monoisotopic (exact) mass is 697 g/mol. The number of ether oxygens (including phenoxy) is 3. The largest absolute Gasteiger partial charge is 0.488 e. The molecule has 7 nitrogen and oxygen atoms in total. The number of para-hydroxylation sites is 2. The number of hydrogen-bond acceptors (Lipinski definition) is 6. The Morgan fingerprint density at radius 3 is 1.96 bits per heavy atom. The summed E-state index contributed by atoms with van der Waals surface area (Å²) in [7, 11) is 0. The summed E-state index contributed by atoms with van der Waals surface area (Å²) >= 11 is 0. The first-order valence-corrected chi connectivity index (χ1v) is 18.1. The molecule has 1 N–H and O–H groups in total. The van der Waals surface area contributed by atoms with Crippen molar-refractivity contribution in [2.45, 2.75) is 39.5 Å². The van der Waals surface area contributed by atoms with E-state index in [1.54, 1.807) is 0 Å². The van der Waals surface area contributed by atoms with Crippen LogP contribution in [0.4, 0.5) is 0 Å². The van der Waals surface area contributed by atoms with Crippen molar-refractivity contribution in [1.29, 1.82) is 0 Å². The highest BCUT2D eigenvalue weighted by atomic mass is 16.7. The summed E-state index contributed by atoms with van der Waals surface area (Å²) in [6, 6.07) is 45.7. The van der Waals surface area contributed by atoms with Crippen LogP contribution in [0.25, 0.3) is 22.3 Å². The summed E-state index contributed by atoms with van der Waals surface area (Å²) in [5, 5.41) is 10.1. The topological polar surface area (TPSA) is 81.4 Å². The van der Waals surface area contributed by atoms with Gasteiger partial charge in [-0.2, -0.15) is 0 Å². The van der Waals surface area contributed by atoms with Gasteiger partial charge in [-0.05, 0) is 53.8 Å². The summed E-state index contributed by atoms with van der Waals surface area (Å²) in [4.78, 5) is 13.1. The van der Waals surface area contributed by atoms with E-state index in [0.717, 1.165) is 47.4 Å². The van der Waals surface area contributed by atoms with Gasteiger partial charge in [0.1, 0.15) is 23.7 Å². The molecule has 1 aliphatic heterocycles. The first-order chi connectivity index (χ1) is 25.5. The zero-order valence-corrected chi connectivity index (χ0v) is 29.9. The summed E-state index contributed by atoms with van der Waals surface area (Å²) in [6.07, 6.45) is 1.38. The number of fused-ring (bicyclic) bond motifs is 1. The standard InChI is InChI=1S/C26H23NO3.C19H24O3/c28-26(29)23-16-27(17-23)15-19-9-11-20(12-10-19)24-14-22-8-4-7-21(25(22)30-24)13-18-5-2-1-3-6-18;1-3-20-19(21-4-2)15-22-18-13-9-8-12-17(18)14-16-10-6-5-7-11-16/h1-12,14,23H,13,15-17H2,(H,28,29);5-13,19H,3-4,14-15H2,1-2H3. The van der Waals surface area contributed by atoms with Crippen LogP contribution in [-0.2, 0) is 33.7 Å². The Hall–Kier alpha value is -5.21. The van der Waals surface area contributed by atoms with Gasteiger partial charge < -0.3 is 23.7 Å². The van der Waals surface area contributed by atoms with Crippen molar-refractivity contribution in [2.75, 3.05) is 32.9 Å². The zero-order chi connectivity index (χ0) is 36.1. The first-order valence-electron chi connectivity index (χ1n) is 18.1. The van der Waals surface area contributed by atoms with Gasteiger partial charge in [-0.3, -0.25) is 9.69 Å². The molecule has 0 unspecified atom stereocenters. The summed E-state index contributed by atoms with van der Waals surface area (Å²) in [5.74, 6) is 0.839. The molecule has 7 heteroatoms. The Balaban J connectivity index is 0.000000188. The van der Waals surface area contributed by atoms with E-state index in [-0.39, 0.29) is 12.2 Å². The van der Waals surface area contributed by atoms with Crippen LogP contribution in [-0.4, -0.2) is 55.2 Å². The number of carboxylic acid groups (broad SMARTS) is 1. The zero-order valence-electron chi connectivity index (χ0n) is 29.9. The van der Waals surface area contributed by atoms with E-state index in [0.29, 0.717) is 32.9 Å². The van der Waals surface area contributed by atoms with Crippen molar-refractivity contribution >= 4 is 16.9 Å². The van der Waals surface area contributed by atoms with Crippen LogP contribution in [0.5, 0.6) is 5.75 Å². The Bertz CT molecular complexity index is 1980. The van der Waals surface area contributed by atoms with Gasteiger partial charge in [0.15, 0.2) is 6.29 Å². The van der Waals surface area contributed by atoms with Crippen molar-refractivity contribution < 1.29 is 28.5 Å². The summed E-state index contributed by atoms with van der Waals surface area (Å²) in [5.41, 5.74) is 8.07. The number of likely N-dealkylation sites (tertiary alicyclic amines) is 1. The minimum absolute atomic E-state index is 0.218. The second kappa shape index (κ2) is 18.3. The fourth-order valence-electron chi connectivity index (χ4n) is 6.39. The number of furan rings is 1. The van der Waals surface area contributed by atoms with Crippen molar-refractivity contribution in [3.63, 3.8) is 0 Å². The van der Waals surface area contributed by atoms with Crippen LogP contribution in [0.1, 0.15) is 41.7 Å². The predicted molar refractivity (Wildman–Crippen MR) is 206 cm³/mol. The minimum Gasteiger partial charge on any atom is -0.488 e. The average Bonchev–Trinajstić information content (AvgIpc) is 3.60. The molecule has 5 aromatic carbocycles. The van der Waals surface area contributed by atoms with Crippen LogP contribution < -0.4 is 4.74 Å². The molecule has 0 saturated carbocycles. The van der Waals surface area contributed by atoms with Crippen molar-refractivity contribution in [3.8, 4) is 17.1 Å². The highest BCUT2D eigenvalue weighted by Crippen LogP contribution is 2.31. The quantitative estimate of drug-likeness (QED) is 0.107. The van der Waals surface area contributed by atoms with Crippen molar-refractivity contribution in [3.05, 3.63) is 161 Å². The van der Waals surface area contributed by atoms with Gasteiger partial charge in [-0.1, -0.05) is 121 Å². The van der Waals surface area contributed by atoms with Crippen LogP contribution in [0.15, 0.2) is 138 Å². The number of rotatable bonds is 15. The van der Waals surface area contributed by atoms with E-state index in [4.69, 9.17) is 23.7 Å². The van der Waals surface area contributed by atoms with Gasteiger partial charge >= 0.3 is 5.97 Å². The van der Waals surface area contributed by atoms with E-state index in [1.165, 1.54) is 27.8 Å². The van der Waals surface area contributed by atoms with Crippen LogP contribution in [0, 0.1) is 5.92 Å². The minimum atomic E-state index is -0.696. The molecule has 1 aromatic heterocycles. The van der Waals surface area contributed by atoms with Gasteiger partial charge in [-0.15, -0.1) is 0 Å². The lowest BCUT2D eigenvalue weighted by Crippen LogP contribution is -2.49. The van der Waals surface area contributed by atoms with Gasteiger partial charge in [-0.25, -0.2) is 0 Å². The number of benzene rings is 5. The van der Waals surface area contributed by atoms with Crippen LogP contribution >= 0.6 is 0 Å². The van der Waals surface area contributed by atoms with E-state index in [2.05, 4.69) is 108 Å². The summed E-state index contributed by atoms with van der Waals surface area (Å²) < 4.78 is 23.2. The smallest absolute Gasteiger partial charge is 0.309 e. The first kappa shape index (κ1) is 36.6. The number of aliphatic carboxylic acids is 1. The highest BCUT2D eigenvalue weighted by molar-refractivity contribution is 5.85. The SMILES string of the molecule is CCOC(COc1ccccc1Cc1ccccc1)OCC.O=C(O)C1CN(Cc2ccc(-c3cc4cccc(Cc5ccccc5)c4o3)cc2)C1. The molecule has 7 rings (SSSR count). The Kier molecular flexibility index (Phi) is 12.9. The van der Waals surface area contributed by atoms with E-state index in [1.807, 2.05) is 44.2 Å². The molecule has 0 spiro atoms. The maximum atomic E-state index is 10.9. The van der Waals surface area contributed by atoms with Crippen LogP contribution in [0.2, 0.25) is 0 Å². The van der Waals surface area contributed by atoms with Gasteiger partial charge in [0.05, 0.1) is 5.92 Å². The van der Waals surface area contributed by atoms with Gasteiger partial charge in [0, 0.05) is 56.6 Å². The van der Waals surface area contributed by atoms with Crippen molar-refractivity contribution in [2.24, 2.45) is 5.92 Å². The Labute approximate surface area is 306 Å². The maximum absolute atomic E-state index is 10.9. The molecule has 0 radical (unpaired) electrons. The normalized spacial score (nSPS) is 13.1. The summed E-state index contributed by atoms with van der Waals surface area (Å²) in [6.45, 7) is 7.57. The molecule has 1 saturated heterocycles. The second-order valence-electron chi connectivity index (χ2n) is 13.0.